The molecule has 0 aliphatic carbocycles. The summed E-state index contributed by atoms with van der Waals surface area (Å²) in [6.45, 7) is 11.2. The van der Waals surface area contributed by atoms with E-state index >= 15 is 0 Å². The van der Waals surface area contributed by atoms with Gasteiger partial charge in [-0.2, -0.15) is 0 Å². The molecule has 2 aromatic carbocycles. The number of cyclic esters (lactones) is 1. The number of nitrogens with zero attached hydrogens (tertiary/aromatic N) is 4. The van der Waals surface area contributed by atoms with Crippen molar-refractivity contribution in [2.45, 2.75) is 91.8 Å². The average Bonchev–Trinajstić information content (AvgIpc) is 3.51. The van der Waals surface area contributed by atoms with Gasteiger partial charge < -0.3 is 24.5 Å². The average molecular weight is 789 g/mol. The van der Waals surface area contributed by atoms with Crippen molar-refractivity contribution in [1.29, 1.82) is 0 Å². The highest BCUT2D eigenvalue weighted by atomic mass is 16.5. The van der Waals surface area contributed by atoms with Crippen LogP contribution >= 0.6 is 0 Å². The Kier molecular flexibility index (Phi) is 13.3. The molecular weight excluding hydrogens is 733 g/mol. The molecule has 3 aromatic heterocycles. The number of hydrazine groups is 1. The number of phenols is 1. The molecule has 6 rings (SSSR count). The molecule has 306 valence electrons. The number of benzene rings is 2. The maximum Gasteiger partial charge on any atom is 0.305 e. The van der Waals surface area contributed by atoms with Crippen LogP contribution < -0.4 is 11.2 Å². The Morgan fingerprint density at radius 2 is 1.83 bits per heavy atom. The van der Waals surface area contributed by atoms with Gasteiger partial charge in [-0.3, -0.25) is 29.4 Å². The first-order valence-electron chi connectivity index (χ1n) is 20.2. The van der Waals surface area contributed by atoms with Crippen molar-refractivity contribution in [3.8, 4) is 28.1 Å². The highest BCUT2D eigenvalue weighted by molar-refractivity contribution is 5.95. The Labute approximate surface area is 340 Å². The number of phenolic OH excluding ortho intramolecular Hbond substituents is 1. The van der Waals surface area contributed by atoms with Gasteiger partial charge in [-0.05, 0) is 116 Å². The lowest BCUT2D eigenvalue weighted by Gasteiger charge is -2.26. The number of aromatic nitrogens is 3. The minimum Gasteiger partial charge on any atom is -0.508 e. The van der Waals surface area contributed by atoms with E-state index in [1.807, 2.05) is 44.2 Å². The molecule has 3 atom stereocenters. The van der Waals surface area contributed by atoms with Crippen LogP contribution in [0, 0.1) is 11.3 Å². The van der Waals surface area contributed by atoms with Crippen LogP contribution in [0.1, 0.15) is 82.4 Å². The van der Waals surface area contributed by atoms with Crippen molar-refractivity contribution in [3.05, 3.63) is 102 Å². The molecule has 4 N–H and O–H groups in total. The number of rotatable bonds is 8. The van der Waals surface area contributed by atoms with Gasteiger partial charge in [-0.15, -0.1) is 0 Å². The zero-order valence-electron chi connectivity index (χ0n) is 34.5. The third-order valence-electron chi connectivity index (χ3n) is 11.0. The monoisotopic (exact) mass is 788 g/mol. The van der Waals surface area contributed by atoms with Gasteiger partial charge in [0.25, 0.3) is 5.91 Å². The third-order valence-corrected chi connectivity index (χ3v) is 11.0. The number of pyridine rings is 2. The third kappa shape index (κ3) is 9.74. The van der Waals surface area contributed by atoms with Gasteiger partial charge in [0, 0.05) is 79.4 Å². The minimum atomic E-state index is -1.01. The van der Waals surface area contributed by atoms with E-state index in [9.17, 15) is 19.5 Å². The van der Waals surface area contributed by atoms with Crippen LogP contribution in [0.2, 0.25) is 0 Å². The number of methoxy groups -OCH3 is 1. The van der Waals surface area contributed by atoms with Crippen molar-refractivity contribution in [1.82, 2.24) is 24.9 Å². The number of aromatic hydroxyl groups is 1. The number of fused-ring (bicyclic) bond motifs is 4. The van der Waals surface area contributed by atoms with Crippen LogP contribution in [0.15, 0.2) is 79.3 Å². The van der Waals surface area contributed by atoms with Gasteiger partial charge in [-0.25, -0.2) is 5.84 Å². The molecule has 5 aromatic rings. The van der Waals surface area contributed by atoms with E-state index < -0.39 is 23.3 Å². The molecule has 3 unspecified atom stereocenters. The second-order valence-electron chi connectivity index (χ2n) is 16.2. The zero-order valence-corrected chi connectivity index (χ0v) is 34.5. The van der Waals surface area contributed by atoms with Crippen molar-refractivity contribution in [2.75, 3.05) is 20.3 Å². The predicted molar refractivity (Wildman–Crippen MR) is 224 cm³/mol. The Hall–Kier alpha value is -5.59. The number of nitrogens with one attached hydrogen (secondary N) is 1. The number of nitrogens with two attached hydrogens (primary N) is 1. The highest BCUT2D eigenvalue weighted by Gasteiger charge is 2.30. The van der Waals surface area contributed by atoms with E-state index in [1.165, 1.54) is 0 Å². The number of aryl methyl sites for hydroxylation is 1. The molecule has 0 saturated carbocycles. The number of esters is 1. The van der Waals surface area contributed by atoms with Crippen LogP contribution in [0.25, 0.3) is 33.3 Å². The molecule has 12 heteroatoms. The summed E-state index contributed by atoms with van der Waals surface area (Å²) in [7, 11) is 1.68. The lowest BCUT2D eigenvalue weighted by atomic mass is 9.84. The smallest absolute Gasteiger partial charge is 0.305 e. The molecule has 58 heavy (non-hydrogen) atoms. The topological polar surface area (TPSA) is 162 Å². The van der Waals surface area contributed by atoms with Crippen LogP contribution in [-0.2, 0) is 49.7 Å². The van der Waals surface area contributed by atoms with Crippen molar-refractivity contribution in [3.63, 3.8) is 0 Å². The second-order valence-corrected chi connectivity index (χ2v) is 16.2. The molecule has 0 radical (unpaired) electrons. The second kappa shape index (κ2) is 18.3. The lowest BCUT2D eigenvalue weighted by Crippen LogP contribution is -2.53. The quantitative estimate of drug-likeness (QED) is 0.0846. The Morgan fingerprint density at radius 1 is 1.05 bits per heavy atom. The SMILES string of the molecule is CCn1c(-c2cccnc2C(C)OC)c2c3cc(ccc31)-c1cc(O)cc(c1)CC(NC(=O)C(C)Cc1ccncc1)C(=O)N(N)CCCCC(=O)OCC(C)(C)C2. The van der Waals surface area contributed by atoms with E-state index in [2.05, 4.69) is 53.8 Å². The number of hydrogen-bond donors (Lipinski definition) is 3. The van der Waals surface area contributed by atoms with Gasteiger partial charge in [-0.1, -0.05) is 32.9 Å². The maximum atomic E-state index is 14.0. The molecule has 4 heterocycles. The van der Waals surface area contributed by atoms with Gasteiger partial charge in [0.05, 0.1) is 24.1 Å². The first kappa shape index (κ1) is 42.0. The van der Waals surface area contributed by atoms with Crippen LogP contribution in [-0.4, -0.2) is 68.7 Å². The summed E-state index contributed by atoms with van der Waals surface area (Å²) in [5.74, 6) is 4.85. The predicted octanol–water partition coefficient (Wildman–Crippen LogP) is 7.10. The summed E-state index contributed by atoms with van der Waals surface area (Å²) in [5.41, 5.74) is 7.71. The Balaban J connectivity index is 1.46. The molecule has 1 aliphatic heterocycles. The van der Waals surface area contributed by atoms with Gasteiger partial charge in [0.1, 0.15) is 11.8 Å². The van der Waals surface area contributed by atoms with E-state index in [1.54, 1.807) is 37.8 Å². The summed E-state index contributed by atoms with van der Waals surface area (Å²) < 4.78 is 14.0. The fraction of sp³-hybridized carbons (Fsp3) is 0.413. The normalized spacial score (nSPS) is 17.8. The van der Waals surface area contributed by atoms with E-state index in [0.29, 0.717) is 37.8 Å². The Morgan fingerprint density at radius 3 is 2.57 bits per heavy atom. The molecular formula is C46H56N6O6. The van der Waals surface area contributed by atoms with Crippen LogP contribution in [0.4, 0.5) is 0 Å². The van der Waals surface area contributed by atoms with Crippen molar-refractivity contribution >= 4 is 28.7 Å². The van der Waals surface area contributed by atoms with Crippen molar-refractivity contribution in [2.24, 2.45) is 17.2 Å². The van der Waals surface area contributed by atoms with Crippen molar-refractivity contribution < 1.29 is 29.0 Å². The largest absolute Gasteiger partial charge is 0.508 e. The summed E-state index contributed by atoms with van der Waals surface area (Å²) in [4.78, 5) is 49.5. The maximum absolute atomic E-state index is 14.0. The van der Waals surface area contributed by atoms with Crippen LogP contribution in [0.5, 0.6) is 5.75 Å². The number of hydrogen-bond acceptors (Lipinski definition) is 9. The summed E-state index contributed by atoms with van der Waals surface area (Å²) in [6, 6.07) is 18.3. The van der Waals surface area contributed by atoms with Crippen LogP contribution in [0.3, 0.4) is 0 Å². The van der Waals surface area contributed by atoms with E-state index in [4.69, 9.17) is 20.3 Å². The molecule has 4 bridgehead atoms. The summed E-state index contributed by atoms with van der Waals surface area (Å²) in [6.07, 6.45) is 7.14. The molecule has 1 aliphatic rings. The molecule has 0 spiro atoms. The zero-order chi connectivity index (χ0) is 41.6. The summed E-state index contributed by atoms with van der Waals surface area (Å²) in [5, 5.41) is 16.2. The van der Waals surface area contributed by atoms with Gasteiger partial charge in [0.15, 0.2) is 0 Å². The highest BCUT2D eigenvalue weighted by Crippen LogP contribution is 2.42. The first-order chi connectivity index (χ1) is 27.8. The lowest BCUT2D eigenvalue weighted by molar-refractivity contribution is -0.146. The molecule has 12 nitrogen and oxygen atoms in total. The van der Waals surface area contributed by atoms with E-state index in [-0.39, 0.29) is 49.7 Å². The standard InChI is InChI=1S/C46H56N6O6/c1-7-51-40-14-13-33-26-37(40)38(43(51)36-11-10-17-49-42(36)30(3)57-6)27-46(4,5)28-58-41(54)12-8-9-20-52(47)45(56)39(24-32-22-34(33)25-35(53)23-32)50-44(55)29(2)21-31-15-18-48-19-16-31/h10-11,13-19,22-23,25-26,29-30,39,53H,7-9,12,20-21,24,27-28,47H2,1-6H3,(H,50,55). The summed E-state index contributed by atoms with van der Waals surface area (Å²) >= 11 is 0. The fourth-order valence-corrected chi connectivity index (χ4v) is 7.89. The number of ether oxygens (including phenoxy) is 2. The van der Waals surface area contributed by atoms with Gasteiger partial charge >= 0.3 is 5.97 Å². The minimum absolute atomic E-state index is 0.0338. The molecule has 0 saturated heterocycles. The molecule has 2 amide bonds. The Bertz CT molecular complexity index is 2250. The fourth-order valence-electron chi connectivity index (χ4n) is 7.89. The number of carbonyl (C=O) groups excluding carboxylic acids is 3. The number of carbonyl (C=O) groups is 3. The van der Waals surface area contributed by atoms with Gasteiger partial charge in [0.2, 0.25) is 5.91 Å². The van der Waals surface area contributed by atoms with E-state index in [0.717, 1.165) is 55.1 Å². The molecule has 0 fully saturated rings. The first-order valence-corrected chi connectivity index (χ1v) is 20.2. The number of amides is 2.